The second kappa shape index (κ2) is 9.03. The summed E-state index contributed by atoms with van der Waals surface area (Å²) in [5.74, 6) is -0.818. The lowest BCUT2D eigenvalue weighted by Gasteiger charge is -2.12. The van der Waals surface area contributed by atoms with Crippen LogP contribution in [0.2, 0.25) is 5.02 Å². The van der Waals surface area contributed by atoms with Crippen LogP contribution >= 0.6 is 11.6 Å². The first-order chi connectivity index (χ1) is 15.4. The van der Waals surface area contributed by atoms with Crippen LogP contribution in [0.25, 0.3) is 10.9 Å². The number of nitrogens with zero attached hydrogens (tertiary/aromatic N) is 1. The molecule has 32 heavy (non-hydrogen) atoms. The third kappa shape index (κ3) is 4.84. The van der Waals surface area contributed by atoms with E-state index in [9.17, 15) is 14.0 Å². The summed E-state index contributed by atoms with van der Waals surface area (Å²) in [5.41, 5.74) is 3.36. The summed E-state index contributed by atoms with van der Waals surface area (Å²) in [5, 5.41) is 8.81. The number of carbonyl (C=O) groups excluding carboxylic acids is 2. The SMILES string of the molecule is Cc1cc(NC(=O)c2ccccc2)c2cc(NC(=O)Nc3ccc(F)c(Cl)c3)ccc2n1. The van der Waals surface area contributed by atoms with Crippen LogP contribution in [-0.4, -0.2) is 16.9 Å². The van der Waals surface area contributed by atoms with Crippen LogP contribution in [0.1, 0.15) is 16.1 Å². The number of benzene rings is 3. The molecule has 6 nitrogen and oxygen atoms in total. The number of fused-ring (bicyclic) bond motifs is 1. The van der Waals surface area contributed by atoms with Crippen LogP contribution in [0.15, 0.2) is 72.8 Å². The van der Waals surface area contributed by atoms with Crippen molar-refractivity contribution in [1.29, 1.82) is 0 Å². The van der Waals surface area contributed by atoms with Crippen molar-refractivity contribution < 1.29 is 14.0 Å². The van der Waals surface area contributed by atoms with Crippen molar-refractivity contribution in [1.82, 2.24) is 4.98 Å². The van der Waals surface area contributed by atoms with Crippen LogP contribution in [0.3, 0.4) is 0 Å². The molecule has 4 aromatic rings. The molecule has 0 radical (unpaired) electrons. The standard InChI is InChI=1S/C24H18ClFN4O2/c1-14-11-22(30-23(31)15-5-3-2-4-6-15)18-12-16(8-10-21(18)27-14)28-24(32)29-17-7-9-20(26)19(25)13-17/h2-13H,1H3,(H,27,30,31)(H2,28,29,32). The normalized spacial score (nSPS) is 10.6. The lowest BCUT2D eigenvalue weighted by atomic mass is 10.1. The van der Waals surface area contributed by atoms with Crippen molar-refractivity contribution in [2.24, 2.45) is 0 Å². The zero-order valence-corrected chi connectivity index (χ0v) is 17.7. The van der Waals surface area contributed by atoms with Crippen LogP contribution in [-0.2, 0) is 0 Å². The van der Waals surface area contributed by atoms with Gasteiger partial charge < -0.3 is 16.0 Å². The Labute approximate surface area is 188 Å². The van der Waals surface area contributed by atoms with E-state index in [1.807, 2.05) is 13.0 Å². The van der Waals surface area contributed by atoms with E-state index in [1.165, 1.54) is 18.2 Å². The fraction of sp³-hybridized carbons (Fsp3) is 0.0417. The Kier molecular flexibility index (Phi) is 6.00. The predicted molar refractivity (Wildman–Crippen MR) is 125 cm³/mol. The minimum atomic E-state index is -0.569. The molecular formula is C24H18ClFN4O2. The third-order valence-corrected chi connectivity index (χ3v) is 4.95. The molecule has 1 heterocycles. The maximum atomic E-state index is 13.3. The second-order valence-electron chi connectivity index (χ2n) is 7.07. The number of anilines is 3. The van der Waals surface area contributed by atoms with E-state index >= 15 is 0 Å². The quantitative estimate of drug-likeness (QED) is 0.346. The van der Waals surface area contributed by atoms with Crippen LogP contribution < -0.4 is 16.0 Å². The Balaban J connectivity index is 1.57. The highest BCUT2D eigenvalue weighted by Gasteiger charge is 2.12. The van der Waals surface area contributed by atoms with Gasteiger partial charge in [-0.3, -0.25) is 9.78 Å². The summed E-state index contributed by atoms with van der Waals surface area (Å²) in [6, 6.07) is 19.2. The number of halogens is 2. The number of hydrogen-bond donors (Lipinski definition) is 3. The molecule has 0 atom stereocenters. The van der Waals surface area contributed by atoms with Gasteiger partial charge in [0.2, 0.25) is 0 Å². The van der Waals surface area contributed by atoms with Crippen molar-refractivity contribution in [3.8, 4) is 0 Å². The van der Waals surface area contributed by atoms with Gasteiger partial charge in [-0.05, 0) is 61.5 Å². The molecule has 160 valence electrons. The highest BCUT2D eigenvalue weighted by molar-refractivity contribution is 6.31. The molecule has 3 N–H and O–H groups in total. The van der Waals surface area contributed by atoms with Gasteiger partial charge in [-0.15, -0.1) is 0 Å². The van der Waals surface area contributed by atoms with Gasteiger partial charge in [0.05, 0.1) is 16.2 Å². The molecule has 0 bridgehead atoms. The topological polar surface area (TPSA) is 83.1 Å². The first kappa shape index (κ1) is 21.3. The highest BCUT2D eigenvalue weighted by atomic mass is 35.5. The van der Waals surface area contributed by atoms with Crippen molar-refractivity contribution in [2.45, 2.75) is 6.92 Å². The molecule has 0 aliphatic rings. The zero-order valence-electron chi connectivity index (χ0n) is 16.9. The Morgan fingerprint density at radius 3 is 2.28 bits per heavy atom. The molecule has 3 amide bonds. The van der Waals surface area contributed by atoms with E-state index in [0.717, 1.165) is 5.69 Å². The molecule has 1 aromatic heterocycles. The Morgan fingerprint density at radius 1 is 0.875 bits per heavy atom. The smallest absolute Gasteiger partial charge is 0.321 e. The fourth-order valence-corrected chi connectivity index (χ4v) is 3.37. The van der Waals surface area contributed by atoms with Gasteiger partial charge >= 0.3 is 6.03 Å². The van der Waals surface area contributed by atoms with Crippen LogP contribution in [0.5, 0.6) is 0 Å². The largest absolute Gasteiger partial charge is 0.323 e. The Hall–Kier alpha value is -3.97. The van der Waals surface area contributed by atoms with E-state index in [2.05, 4.69) is 20.9 Å². The lowest BCUT2D eigenvalue weighted by molar-refractivity contribution is 0.102. The van der Waals surface area contributed by atoms with Gasteiger partial charge in [0.15, 0.2) is 0 Å². The molecule has 3 aromatic carbocycles. The summed E-state index contributed by atoms with van der Waals surface area (Å²) < 4.78 is 13.3. The molecular weight excluding hydrogens is 431 g/mol. The van der Waals surface area contributed by atoms with Gasteiger partial charge in [0, 0.05) is 28.0 Å². The molecule has 0 unspecified atom stereocenters. The minimum Gasteiger partial charge on any atom is -0.321 e. The number of carbonyl (C=O) groups is 2. The Bertz CT molecular complexity index is 1330. The molecule has 0 saturated heterocycles. The van der Waals surface area contributed by atoms with Gasteiger partial charge in [0.1, 0.15) is 5.82 Å². The van der Waals surface area contributed by atoms with Crippen molar-refractivity contribution in [3.05, 3.63) is 94.9 Å². The summed E-state index contributed by atoms with van der Waals surface area (Å²) in [6.45, 7) is 1.84. The first-order valence-electron chi connectivity index (χ1n) is 9.70. The molecule has 0 aliphatic carbocycles. The monoisotopic (exact) mass is 448 g/mol. The van der Waals surface area contributed by atoms with Crippen LogP contribution in [0.4, 0.5) is 26.2 Å². The van der Waals surface area contributed by atoms with Crippen LogP contribution in [0, 0.1) is 12.7 Å². The van der Waals surface area contributed by atoms with Gasteiger partial charge in [-0.25, -0.2) is 9.18 Å². The number of aryl methyl sites for hydroxylation is 1. The molecule has 0 fully saturated rings. The average molecular weight is 449 g/mol. The van der Waals surface area contributed by atoms with Crippen molar-refractivity contribution in [2.75, 3.05) is 16.0 Å². The number of hydrogen-bond acceptors (Lipinski definition) is 3. The minimum absolute atomic E-state index is 0.0891. The first-order valence-corrected chi connectivity index (χ1v) is 10.1. The second-order valence-corrected chi connectivity index (χ2v) is 7.48. The lowest BCUT2D eigenvalue weighted by Crippen LogP contribution is -2.19. The third-order valence-electron chi connectivity index (χ3n) is 4.66. The summed E-state index contributed by atoms with van der Waals surface area (Å²) in [6.07, 6.45) is 0. The van der Waals surface area contributed by atoms with E-state index in [0.29, 0.717) is 33.5 Å². The summed E-state index contributed by atoms with van der Waals surface area (Å²) in [4.78, 5) is 29.5. The fourth-order valence-electron chi connectivity index (χ4n) is 3.19. The number of amides is 3. The summed E-state index contributed by atoms with van der Waals surface area (Å²) >= 11 is 5.75. The zero-order chi connectivity index (χ0) is 22.7. The predicted octanol–water partition coefficient (Wildman–Crippen LogP) is 6.23. The molecule has 0 aliphatic heterocycles. The number of aromatic nitrogens is 1. The van der Waals surface area contributed by atoms with E-state index in [-0.39, 0.29) is 10.9 Å². The van der Waals surface area contributed by atoms with E-state index in [4.69, 9.17) is 11.6 Å². The maximum Gasteiger partial charge on any atom is 0.323 e. The molecule has 4 rings (SSSR count). The molecule has 0 spiro atoms. The van der Waals surface area contributed by atoms with Crippen molar-refractivity contribution in [3.63, 3.8) is 0 Å². The average Bonchev–Trinajstić information content (AvgIpc) is 2.77. The highest BCUT2D eigenvalue weighted by Crippen LogP contribution is 2.27. The van der Waals surface area contributed by atoms with Crippen molar-refractivity contribution >= 4 is 51.5 Å². The molecule has 8 heteroatoms. The maximum absolute atomic E-state index is 13.3. The van der Waals surface area contributed by atoms with E-state index in [1.54, 1.807) is 48.5 Å². The van der Waals surface area contributed by atoms with Gasteiger partial charge in [0.25, 0.3) is 5.91 Å². The number of urea groups is 1. The molecule has 0 saturated carbocycles. The number of pyridine rings is 1. The van der Waals surface area contributed by atoms with E-state index < -0.39 is 11.8 Å². The van der Waals surface area contributed by atoms with Gasteiger partial charge in [-0.1, -0.05) is 29.8 Å². The van der Waals surface area contributed by atoms with Gasteiger partial charge in [-0.2, -0.15) is 0 Å². The Morgan fingerprint density at radius 2 is 1.56 bits per heavy atom. The number of rotatable bonds is 4. The number of nitrogens with one attached hydrogen (secondary N) is 3. The summed E-state index contributed by atoms with van der Waals surface area (Å²) in [7, 11) is 0.